The molecular weight excluding hydrogens is 632 g/mol. The normalized spacial score (nSPS) is 12.6. The quantitative estimate of drug-likeness (QED) is 0.224. The lowest BCUT2D eigenvalue weighted by Crippen LogP contribution is -2.53. The summed E-state index contributed by atoms with van der Waals surface area (Å²) in [6, 6.07) is 12.4. The topological polar surface area (TPSA) is 105 Å². The molecule has 0 radical (unpaired) electrons. The zero-order valence-corrected chi connectivity index (χ0v) is 27.5. The fourth-order valence-electron chi connectivity index (χ4n) is 4.45. The maximum Gasteiger partial charge on any atom is 0.264 e. The molecule has 0 unspecified atom stereocenters. The van der Waals surface area contributed by atoms with E-state index in [-0.39, 0.29) is 45.4 Å². The largest absolute Gasteiger partial charge is 0.493 e. The fraction of sp³-hybridized carbons (Fsp3) is 0.355. The lowest BCUT2D eigenvalue weighted by molar-refractivity contribution is -0.140. The highest BCUT2D eigenvalue weighted by Crippen LogP contribution is 2.33. The van der Waals surface area contributed by atoms with Gasteiger partial charge in [-0.25, -0.2) is 12.8 Å². The van der Waals surface area contributed by atoms with Gasteiger partial charge in [0.25, 0.3) is 10.0 Å². The van der Waals surface area contributed by atoms with Crippen LogP contribution in [0.2, 0.25) is 10.0 Å². The predicted molar refractivity (Wildman–Crippen MR) is 169 cm³/mol. The number of halogens is 3. The van der Waals surface area contributed by atoms with Gasteiger partial charge in [-0.05, 0) is 68.3 Å². The van der Waals surface area contributed by atoms with Crippen LogP contribution in [0.3, 0.4) is 0 Å². The molecule has 0 aliphatic rings. The Hall–Kier alpha value is -3.54. The van der Waals surface area contributed by atoms with Crippen molar-refractivity contribution >= 4 is 50.7 Å². The maximum atomic E-state index is 14.2. The average Bonchev–Trinajstić information content (AvgIpc) is 3.00. The second-order valence-corrected chi connectivity index (χ2v) is 12.6. The van der Waals surface area contributed by atoms with Gasteiger partial charge in [0, 0.05) is 34.3 Å². The van der Waals surface area contributed by atoms with Crippen molar-refractivity contribution in [3.8, 4) is 11.5 Å². The Bertz CT molecular complexity index is 1550. The van der Waals surface area contributed by atoms with E-state index in [1.807, 2.05) is 13.8 Å². The van der Waals surface area contributed by atoms with Gasteiger partial charge in [0.05, 0.1) is 24.8 Å². The van der Waals surface area contributed by atoms with Crippen LogP contribution in [-0.2, 0) is 26.2 Å². The molecule has 0 saturated heterocycles. The van der Waals surface area contributed by atoms with Crippen LogP contribution >= 0.6 is 23.2 Å². The van der Waals surface area contributed by atoms with Crippen molar-refractivity contribution in [2.75, 3.05) is 25.1 Å². The van der Waals surface area contributed by atoms with Crippen LogP contribution in [0.1, 0.15) is 39.2 Å². The van der Waals surface area contributed by atoms with Crippen LogP contribution in [-0.4, -0.2) is 58.0 Å². The summed E-state index contributed by atoms with van der Waals surface area (Å²) in [6.07, 6.45) is 0.878. The average molecular weight is 669 g/mol. The number of methoxy groups -OCH3 is 2. The number of hydrogen-bond donors (Lipinski definition) is 1. The summed E-state index contributed by atoms with van der Waals surface area (Å²) in [6.45, 7) is 4.61. The van der Waals surface area contributed by atoms with Crippen molar-refractivity contribution in [1.82, 2.24) is 10.2 Å². The molecule has 0 fully saturated rings. The number of anilines is 1. The van der Waals surface area contributed by atoms with E-state index in [4.69, 9.17) is 32.7 Å². The first-order valence-electron chi connectivity index (χ1n) is 13.9. The van der Waals surface area contributed by atoms with E-state index in [9.17, 15) is 22.4 Å². The number of sulfonamides is 1. The molecule has 13 heteroatoms. The van der Waals surface area contributed by atoms with Gasteiger partial charge in [0.1, 0.15) is 18.4 Å². The van der Waals surface area contributed by atoms with E-state index in [2.05, 4.69) is 5.32 Å². The molecule has 0 bridgehead atoms. The molecule has 0 saturated carbocycles. The van der Waals surface area contributed by atoms with Gasteiger partial charge in [0.2, 0.25) is 11.8 Å². The van der Waals surface area contributed by atoms with Crippen LogP contribution in [0, 0.1) is 5.82 Å². The van der Waals surface area contributed by atoms with Crippen LogP contribution in [0.25, 0.3) is 0 Å². The number of rotatable bonds is 14. The molecule has 2 amide bonds. The number of nitrogens with one attached hydrogen (secondary N) is 1. The van der Waals surface area contributed by atoms with Gasteiger partial charge in [-0.2, -0.15) is 0 Å². The molecule has 0 aromatic heterocycles. The van der Waals surface area contributed by atoms with Crippen molar-refractivity contribution in [2.24, 2.45) is 0 Å². The number of ether oxygens (including phenoxy) is 2. The summed E-state index contributed by atoms with van der Waals surface area (Å²) in [7, 11) is -1.67. The van der Waals surface area contributed by atoms with Crippen molar-refractivity contribution in [3.63, 3.8) is 0 Å². The number of hydrogen-bond acceptors (Lipinski definition) is 6. The Kier molecular flexibility index (Phi) is 12.3. The lowest BCUT2D eigenvalue weighted by Gasteiger charge is -2.34. The van der Waals surface area contributed by atoms with Crippen LogP contribution in [0.15, 0.2) is 65.6 Å². The molecule has 0 aliphatic heterocycles. The van der Waals surface area contributed by atoms with E-state index in [0.29, 0.717) is 17.7 Å². The highest BCUT2D eigenvalue weighted by Gasteiger charge is 2.35. The van der Waals surface area contributed by atoms with Crippen LogP contribution < -0.4 is 19.1 Å². The number of carbonyl (C=O) groups is 2. The second kappa shape index (κ2) is 15.5. The first-order chi connectivity index (χ1) is 20.9. The Morgan fingerprint density at radius 2 is 1.55 bits per heavy atom. The molecule has 3 aromatic rings. The standard InChI is InChI=1S/C31H36Cl2FN3O6S/c1-6-20(3)35-31(39)27(7-2)36(18-24-25(32)9-8-10-26(24)33)30(38)19-37(22-13-11-21(34)12-14-22)44(40,41)23-15-16-28(42-4)29(17-23)43-5/h8-17,20,27H,6-7,18-19H2,1-5H3,(H,35,39)/t20-,27-/m1/s1. The minimum absolute atomic E-state index is 0.0300. The van der Waals surface area contributed by atoms with Crippen molar-refractivity contribution < 1.29 is 31.9 Å². The van der Waals surface area contributed by atoms with Gasteiger partial charge in [-0.3, -0.25) is 13.9 Å². The molecule has 3 aromatic carbocycles. The summed E-state index contributed by atoms with van der Waals surface area (Å²) in [5.74, 6) is -1.25. The minimum Gasteiger partial charge on any atom is -0.493 e. The summed E-state index contributed by atoms with van der Waals surface area (Å²) < 4.78 is 53.5. The van der Waals surface area contributed by atoms with Gasteiger partial charge >= 0.3 is 0 Å². The van der Waals surface area contributed by atoms with Gasteiger partial charge in [-0.15, -0.1) is 0 Å². The highest BCUT2D eigenvalue weighted by atomic mass is 35.5. The smallest absolute Gasteiger partial charge is 0.264 e. The highest BCUT2D eigenvalue weighted by molar-refractivity contribution is 7.92. The van der Waals surface area contributed by atoms with Crippen molar-refractivity contribution in [1.29, 1.82) is 0 Å². The van der Waals surface area contributed by atoms with E-state index < -0.39 is 40.2 Å². The summed E-state index contributed by atoms with van der Waals surface area (Å²) >= 11 is 12.9. The lowest BCUT2D eigenvalue weighted by atomic mass is 10.1. The molecule has 1 N–H and O–H groups in total. The number of amides is 2. The summed E-state index contributed by atoms with van der Waals surface area (Å²) in [5.41, 5.74) is 0.428. The van der Waals surface area contributed by atoms with Gasteiger partial charge in [0.15, 0.2) is 11.5 Å². The first-order valence-corrected chi connectivity index (χ1v) is 16.1. The molecule has 238 valence electrons. The molecule has 0 heterocycles. The first kappa shape index (κ1) is 34.9. The third-order valence-corrected chi connectivity index (χ3v) is 9.59. The second-order valence-electron chi connectivity index (χ2n) is 9.97. The van der Waals surface area contributed by atoms with E-state index in [1.165, 1.54) is 49.5 Å². The Labute approximate surface area is 267 Å². The molecular formula is C31H36Cl2FN3O6S. The van der Waals surface area contributed by atoms with E-state index >= 15 is 0 Å². The zero-order chi connectivity index (χ0) is 32.6. The Morgan fingerprint density at radius 1 is 0.932 bits per heavy atom. The van der Waals surface area contributed by atoms with Gasteiger partial charge in [-0.1, -0.05) is 43.1 Å². The monoisotopic (exact) mass is 667 g/mol. The molecule has 3 rings (SSSR count). The van der Waals surface area contributed by atoms with Gasteiger partial charge < -0.3 is 19.7 Å². The zero-order valence-electron chi connectivity index (χ0n) is 25.1. The van der Waals surface area contributed by atoms with Crippen LogP contribution in [0.4, 0.5) is 10.1 Å². The number of benzene rings is 3. The van der Waals surface area contributed by atoms with Crippen molar-refractivity contribution in [3.05, 3.63) is 82.1 Å². The Balaban J connectivity index is 2.13. The number of nitrogens with zero attached hydrogens (tertiary/aromatic N) is 2. The Morgan fingerprint density at radius 3 is 2.09 bits per heavy atom. The van der Waals surface area contributed by atoms with Crippen molar-refractivity contribution in [2.45, 2.75) is 57.1 Å². The van der Waals surface area contributed by atoms with E-state index in [0.717, 1.165) is 16.4 Å². The number of carbonyl (C=O) groups excluding carboxylic acids is 2. The van der Waals surface area contributed by atoms with E-state index in [1.54, 1.807) is 25.1 Å². The fourth-order valence-corrected chi connectivity index (χ4v) is 6.40. The van der Waals surface area contributed by atoms with Crippen LogP contribution in [0.5, 0.6) is 11.5 Å². The molecule has 44 heavy (non-hydrogen) atoms. The third-order valence-electron chi connectivity index (χ3n) is 7.11. The molecule has 9 nitrogen and oxygen atoms in total. The maximum absolute atomic E-state index is 14.2. The molecule has 2 atom stereocenters. The predicted octanol–water partition coefficient (Wildman–Crippen LogP) is 6.07. The molecule has 0 spiro atoms. The molecule has 0 aliphatic carbocycles. The summed E-state index contributed by atoms with van der Waals surface area (Å²) in [4.78, 5) is 28.7. The third kappa shape index (κ3) is 8.13. The SMILES string of the molecule is CC[C@@H](C)NC(=O)[C@@H](CC)N(Cc1c(Cl)cccc1Cl)C(=O)CN(c1ccc(F)cc1)S(=O)(=O)c1ccc(OC)c(OC)c1. The summed E-state index contributed by atoms with van der Waals surface area (Å²) in [5, 5.41) is 3.46. The minimum atomic E-state index is -4.44.